The fourth-order valence-electron chi connectivity index (χ4n) is 1.92. The molecule has 1 atom stereocenters. The summed E-state index contributed by atoms with van der Waals surface area (Å²) in [5.74, 6) is 7.14. The number of methoxy groups -OCH3 is 1. The highest BCUT2D eigenvalue weighted by atomic mass is 16.5. The fraction of sp³-hybridized carbons (Fsp3) is 0.538. The van der Waals surface area contributed by atoms with Gasteiger partial charge in [-0.05, 0) is 30.4 Å². The molecule has 0 saturated heterocycles. The maximum absolute atomic E-state index is 5.57. The van der Waals surface area contributed by atoms with Crippen molar-refractivity contribution < 1.29 is 4.74 Å². The number of hydrogen-bond donors (Lipinski definition) is 2. The Kier molecular flexibility index (Phi) is 5.29. The van der Waals surface area contributed by atoms with Gasteiger partial charge >= 0.3 is 0 Å². The van der Waals surface area contributed by atoms with Crippen molar-refractivity contribution in [3.63, 3.8) is 0 Å². The first-order chi connectivity index (χ1) is 7.67. The van der Waals surface area contributed by atoms with Crippen molar-refractivity contribution in [3.8, 4) is 5.75 Å². The van der Waals surface area contributed by atoms with Crippen LogP contribution in [-0.4, -0.2) is 13.2 Å². The summed E-state index contributed by atoms with van der Waals surface area (Å²) in [7, 11) is 1.70. The molecule has 1 aromatic rings. The topological polar surface area (TPSA) is 47.3 Å². The fourth-order valence-corrected chi connectivity index (χ4v) is 1.92. The van der Waals surface area contributed by atoms with Crippen molar-refractivity contribution in [2.75, 3.05) is 7.11 Å². The number of nitrogens with one attached hydrogen (secondary N) is 1. The SMILES string of the molecule is COc1ccccc1CC(CC(C)C)NN. The molecule has 0 aliphatic carbocycles. The van der Waals surface area contributed by atoms with E-state index in [9.17, 15) is 0 Å². The standard InChI is InChI=1S/C13H22N2O/c1-10(2)8-12(15-14)9-11-6-4-5-7-13(11)16-3/h4-7,10,12,15H,8-9,14H2,1-3H3. The Bertz CT molecular complexity index is 313. The van der Waals surface area contributed by atoms with Gasteiger partial charge in [0.05, 0.1) is 7.11 Å². The molecule has 1 rings (SSSR count). The average Bonchev–Trinajstić information content (AvgIpc) is 2.28. The first-order valence-electron chi connectivity index (χ1n) is 5.75. The third kappa shape index (κ3) is 3.83. The molecular formula is C13H22N2O. The van der Waals surface area contributed by atoms with Crippen molar-refractivity contribution in [1.29, 1.82) is 0 Å². The van der Waals surface area contributed by atoms with Gasteiger partial charge in [0, 0.05) is 6.04 Å². The number of hydrazine groups is 1. The Hall–Kier alpha value is -1.06. The van der Waals surface area contributed by atoms with Gasteiger partial charge in [0.25, 0.3) is 0 Å². The van der Waals surface area contributed by atoms with E-state index in [2.05, 4.69) is 25.3 Å². The van der Waals surface area contributed by atoms with Gasteiger partial charge in [-0.2, -0.15) is 0 Å². The van der Waals surface area contributed by atoms with Crippen molar-refractivity contribution in [1.82, 2.24) is 5.43 Å². The molecule has 3 N–H and O–H groups in total. The van der Waals surface area contributed by atoms with Gasteiger partial charge in [0.1, 0.15) is 5.75 Å². The number of ether oxygens (including phenoxy) is 1. The predicted molar refractivity (Wildman–Crippen MR) is 67.3 cm³/mol. The van der Waals surface area contributed by atoms with E-state index in [-0.39, 0.29) is 0 Å². The van der Waals surface area contributed by atoms with E-state index in [1.54, 1.807) is 7.11 Å². The number of benzene rings is 1. The lowest BCUT2D eigenvalue weighted by molar-refractivity contribution is 0.392. The van der Waals surface area contributed by atoms with Crippen LogP contribution in [0.5, 0.6) is 5.75 Å². The van der Waals surface area contributed by atoms with Crippen LogP contribution in [0.1, 0.15) is 25.8 Å². The molecular weight excluding hydrogens is 200 g/mol. The first kappa shape index (κ1) is 13.0. The highest BCUT2D eigenvalue weighted by Crippen LogP contribution is 2.20. The third-order valence-corrected chi connectivity index (χ3v) is 2.65. The Labute approximate surface area is 98.0 Å². The molecule has 0 amide bonds. The second-order valence-corrected chi connectivity index (χ2v) is 4.51. The summed E-state index contributed by atoms with van der Waals surface area (Å²) in [6.07, 6.45) is 1.97. The van der Waals surface area contributed by atoms with Crippen LogP contribution in [0.25, 0.3) is 0 Å². The summed E-state index contributed by atoms with van der Waals surface area (Å²) in [6, 6.07) is 8.38. The van der Waals surface area contributed by atoms with Gasteiger partial charge in [0.2, 0.25) is 0 Å². The minimum absolute atomic E-state index is 0.302. The van der Waals surface area contributed by atoms with E-state index in [0.717, 1.165) is 18.6 Å². The monoisotopic (exact) mass is 222 g/mol. The van der Waals surface area contributed by atoms with Crippen molar-refractivity contribution >= 4 is 0 Å². The maximum atomic E-state index is 5.57. The summed E-state index contributed by atoms with van der Waals surface area (Å²) in [5, 5.41) is 0. The molecule has 90 valence electrons. The minimum Gasteiger partial charge on any atom is -0.496 e. The third-order valence-electron chi connectivity index (χ3n) is 2.65. The summed E-state index contributed by atoms with van der Waals surface area (Å²) in [5.41, 5.74) is 4.08. The first-order valence-corrected chi connectivity index (χ1v) is 5.75. The van der Waals surface area contributed by atoms with Gasteiger partial charge < -0.3 is 4.74 Å². The zero-order chi connectivity index (χ0) is 12.0. The van der Waals surface area contributed by atoms with Gasteiger partial charge in [-0.25, -0.2) is 0 Å². The van der Waals surface area contributed by atoms with E-state index in [4.69, 9.17) is 10.6 Å². The highest BCUT2D eigenvalue weighted by Gasteiger charge is 2.12. The Balaban J connectivity index is 2.69. The number of rotatable bonds is 6. The van der Waals surface area contributed by atoms with Crippen LogP contribution in [0.2, 0.25) is 0 Å². The molecule has 16 heavy (non-hydrogen) atoms. The van der Waals surface area contributed by atoms with E-state index in [1.807, 2.05) is 18.2 Å². The van der Waals surface area contributed by atoms with Crippen LogP contribution in [0.3, 0.4) is 0 Å². The Morgan fingerprint density at radius 2 is 2.00 bits per heavy atom. The molecule has 0 saturated carbocycles. The van der Waals surface area contributed by atoms with Crippen LogP contribution in [0.15, 0.2) is 24.3 Å². The van der Waals surface area contributed by atoms with Gasteiger partial charge in [-0.3, -0.25) is 11.3 Å². The molecule has 3 nitrogen and oxygen atoms in total. The molecule has 0 aliphatic heterocycles. The number of hydrogen-bond acceptors (Lipinski definition) is 3. The Morgan fingerprint density at radius 3 is 2.56 bits per heavy atom. The number of nitrogens with two attached hydrogens (primary N) is 1. The molecule has 1 aromatic carbocycles. The van der Waals surface area contributed by atoms with E-state index < -0.39 is 0 Å². The number of para-hydroxylation sites is 1. The molecule has 0 heterocycles. The summed E-state index contributed by atoms with van der Waals surface area (Å²) in [4.78, 5) is 0. The lowest BCUT2D eigenvalue weighted by Crippen LogP contribution is -2.37. The smallest absolute Gasteiger partial charge is 0.122 e. The van der Waals surface area contributed by atoms with Gasteiger partial charge in [0.15, 0.2) is 0 Å². The second-order valence-electron chi connectivity index (χ2n) is 4.51. The molecule has 0 aromatic heterocycles. The van der Waals surface area contributed by atoms with Crippen molar-refractivity contribution in [2.45, 2.75) is 32.7 Å². The zero-order valence-electron chi connectivity index (χ0n) is 10.4. The van der Waals surface area contributed by atoms with Crippen LogP contribution in [0, 0.1) is 5.92 Å². The molecule has 0 fully saturated rings. The van der Waals surface area contributed by atoms with E-state index in [0.29, 0.717) is 12.0 Å². The summed E-state index contributed by atoms with van der Waals surface area (Å²) in [6.45, 7) is 4.40. The lowest BCUT2D eigenvalue weighted by Gasteiger charge is -2.19. The van der Waals surface area contributed by atoms with Gasteiger partial charge in [-0.1, -0.05) is 32.0 Å². The largest absolute Gasteiger partial charge is 0.496 e. The molecule has 0 radical (unpaired) electrons. The second kappa shape index (κ2) is 6.51. The van der Waals surface area contributed by atoms with Crippen molar-refractivity contribution in [2.24, 2.45) is 11.8 Å². The molecule has 1 unspecified atom stereocenters. The minimum atomic E-state index is 0.302. The predicted octanol–water partition coefficient (Wildman–Crippen LogP) is 2.12. The van der Waals surface area contributed by atoms with Crippen LogP contribution < -0.4 is 16.0 Å². The summed E-state index contributed by atoms with van der Waals surface area (Å²) < 4.78 is 5.33. The van der Waals surface area contributed by atoms with Gasteiger partial charge in [-0.15, -0.1) is 0 Å². The molecule has 0 aliphatic rings. The van der Waals surface area contributed by atoms with E-state index in [1.165, 1.54) is 5.56 Å². The van der Waals surface area contributed by atoms with E-state index >= 15 is 0 Å². The van der Waals surface area contributed by atoms with Crippen molar-refractivity contribution in [3.05, 3.63) is 29.8 Å². The quantitative estimate of drug-likeness (QED) is 0.572. The molecule has 0 bridgehead atoms. The summed E-state index contributed by atoms with van der Waals surface area (Å²) >= 11 is 0. The zero-order valence-corrected chi connectivity index (χ0v) is 10.4. The highest BCUT2D eigenvalue weighted by molar-refractivity contribution is 5.33. The average molecular weight is 222 g/mol. The lowest BCUT2D eigenvalue weighted by atomic mass is 9.97. The molecule has 0 spiro atoms. The normalized spacial score (nSPS) is 12.8. The molecule has 3 heteroatoms. The Morgan fingerprint density at radius 1 is 1.31 bits per heavy atom. The maximum Gasteiger partial charge on any atom is 0.122 e. The van der Waals surface area contributed by atoms with Crippen LogP contribution in [-0.2, 0) is 6.42 Å². The van der Waals surface area contributed by atoms with Crippen LogP contribution in [0.4, 0.5) is 0 Å². The van der Waals surface area contributed by atoms with Crippen LogP contribution >= 0.6 is 0 Å².